The molecule has 0 aliphatic heterocycles. The molecule has 36 valence electrons. The van der Waals surface area contributed by atoms with E-state index in [0.717, 1.165) is 6.92 Å². The van der Waals surface area contributed by atoms with Gasteiger partial charge in [0.2, 0.25) is 0 Å². The molecule has 1 atom stereocenters. The van der Waals surface area contributed by atoms with E-state index >= 15 is 0 Å². The van der Waals surface area contributed by atoms with Crippen LogP contribution in [0.15, 0.2) is 0 Å². The molecule has 0 aromatic carbocycles. The van der Waals surface area contributed by atoms with Gasteiger partial charge in [-0.3, -0.25) is 4.79 Å². The Morgan fingerprint density at radius 2 is 3.00 bits per heavy atom. The van der Waals surface area contributed by atoms with Gasteiger partial charge < -0.3 is 10.8 Å². The van der Waals surface area contributed by atoms with Crippen LogP contribution in [-0.2, 0) is 4.79 Å². The van der Waals surface area contributed by atoms with E-state index in [1.54, 1.807) is 0 Å². The number of aliphatic carboxylic acids is 1. The number of nitrogens with two attached hydrogens (primary N) is 1. The van der Waals surface area contributed by atoms with Gasteiger partial charge in [-0.15, -0.1) is 0 Å². The third-order valence-corrected chi connectivity index (χ3v) is 0.310. The van der Waals surface area contributed by atoms with Crippen LogP contribution in [0.1, 0.15) is 8.29 Å². The summed E-state index contributed by atoms with van der Waals surface area (Å²) in [6.07, 6.45) is 0. The van der Waals surface area contributed by atoms with Gasteiger partial charge in [0, 0.05) is 0 Å². The number of carboxylic acid groups (broad SMARTS) is 1. The molecule has 6 heavy (non-hydrogen) atoms. The van der Waals surface area contributed by atoms with E-state index in [1.165, 1.54) is 0 Å². The Hall–Kier alpha value is -0.570. The maximum absolute atomic E-state index is 9.99. The van der Waals surface area contributed by atoms with E-state index in [4.69, 9.17) is 9.30 Å². The molecular formula is C3H7NO2. The molecule has 0 amide bonds. The van der Waals surface area contributed by atoms with Gasteiger partial charge in [-0.05, 0) is 6.92 Å². The van der Waals surface area contributed by atoms with Crippen LogP contribution in [0.4, 0.5) is 0 Å². The highest BCUT2D eigenvalue weighted by Gasteiger charge is 1.99. The molecular weight excluding hydrogens is 82.0 g/mol. The Balaban J connectivity index is 4.19. The van der Waals surface area contributed by atoms with Crippen LogP contribution in [0.3, 0.4) is 0 Å². The summed E-state index contributed by atoms with van der Waals surface area (Å²) in [5.41, 5.74) is -0.171. The summed E-state index contributed by atoms with van der Waals surface area (Å²) in [5.74, 6) is -1.51. The Morgan fingerprint density at radius 3 is 3.00 bits per heavy atom. The highest BCUT2D eigenvalue weighted by Crippen LogP contribution is 1.68. The van der Waals surface area contributed by atoms with Crippen LogP contribution in [0.5, 0.6) is 0 Å². The zero-order chi connectivity index (χ0) is 7.65. The van der Waals surface area contributed by atoms with E-state index in [-0.39, 0.29) is 5.72 Å². The first-order valence-corrected chi connectivity index (χ1v) is 1.40. The lowest BCUT2D eigenvalue weighted by molar-refractivity contribution is -0.138. The molecule has 3 nitrogen and oxygen atoms in total. The third-order valence-electron chi connectivity index (χ3n) is 0.310. The van der Waals surface area contributed by atoms with E-state index in [0.29, 0.717) is 0 Å². The van der Waals surface area contributed by atoms with Crippen molar-refractivity contribution >= 4 is 5.97 Å². The van der Waals surface area contributed by atoms with E-state index in [2.05, 4.69) is 0 Å². The summed E-state index contributed by atoms with van der Waals surface area (Å²) in [5, 5.41) is 8.14. The molecule has 0 saturated heterocycles. The van der Waals surface area contributed by atoms with Crippen LogP contribution in [0.2, 0.25) is 2.82 Å². The molecule has 0 saturated carbocycles. The van der Waals surface area contributed by atoms with Crippen molar-refractivity contribution in [1.82, 2.24) is 0 Å². The molecule has 0 aromatic heterocycles. The second-order valence-electron chi connectivity index (χ2n) is 0.891. The molecule has 0 unspecified atom stereocenters. The Kier molecular flexibility index (Phi) is 0.569. The van der Waals surface area contributed by atoms with E-state index in [1.807, 2.05) is 0 Å². The Morgan fingerprint density at radius 1 is 2.50 bits per heavy atom. The molecule has 0 aliphatic rings. The zero-order valence-electron chi connectivity index (χ0n) is 6.30. The monoisotopic (exact) mass is 92.1 g/mol. The summed E-state index contributed by atoms with van der Waals surface area (Å²) < 4.78 is 19.7. The Labute approximate surface area is 40.1 Å². The van der Waals surface area contributed by atoms with Crippen molar-refractivity contribution in [3.8, 4) is 0 Å². The van der Waals surface area contributed by atoms with Gasteiger partial charge in [0.05, 0.1) is 1.37 Å². The predicted molar refractivity (Wildman–Crippen MR) is 21.3 cm³/mol. The van der Waals surface area contributed by atoms with Crippen LogP contribution in [-0.4, -0.2) is 17.1 Å². The zero-order valence-corrected chi connectivity index (χ0v) is 3.30. The van der Waals surface area contributed by atoms with Gasteiger partial charge in [0.25, 0.3) is 0 Å². The minimum Gasteiger partial charge on any atom is -0.480 e. The standard InChI is InChI=1S/C3H7NO2/c1-2(4)3(5)6/h2H,4H2,1H3,(H,5,6)/t2-/m0/s1/i2D/hD2. The third kappa shape index (κ3) is 1.72. The van der Waals surface area contributed by atoms with Gasteiger partial charge in [-0.2, -0.15) is 0 Å². The SMILES string of the molecule is [2H]N([2H])[C@@]([2H])(C)C(=O)O. The molecule has 0 bridgehead atoms. The Bertz CT molecular complexity index is 124. The first kappa shape index (κ1) is 1.93. The molecule has 3 heteroatoms. The van der Waals surface area contributed by atoms with Crippen molar-refractivity contribution in [2.45, 2.75) is 12.9 Å². The molecule has 0 radical (unpaired) electrons. The lowest BCUT2D eigenvalue weighted by Crippen LogP contribution is -2.25. The minimum atomic E-state index is -2.17. The summed E-state index contributed by atoms with van der Waals surface area (Å²) in [4.78, 5) is 9.99. The summed E-state index contributed by atoms with van der Waals surface area (Å²) in [6, 6.07) is -2.17. The fourth-order valence-electron chi connectivity index (χ4n) is 0. The maximum atomic E-state index is 9.99. The smallest absolute Gasteiger partial charge is 0.320 e. The fourth-order valence-corrected chi connectivity index (χ4v) is 0. The summed E-state index contributed by atoms with van der Waals surface area (Å²) in [6.45, 7) is 0.954. The number of carboxylic acids is 1. The van der Waals surface area contributed by atoms with Gasteiger partial charge in [0.1, 0.15) is 8.84 Å². The minimum absolute atomic E-state index is 0.171. The van der Waals surface area contributed by atoms with Crippen molar-refractivity contribution in [2.75, 3.05) is 0 Å². The fraction of sp³-hybridized carbons (Fsp3) is 0.667. The average molecular weight is 92.1 g/mol. The first-order chi connectivity index (χ1) is 3.89. The van der Waals surface area contributed by atoms with Gasteiger partial charge in [0.15, 0.2) is 0 Å². The molecule has 0 spiro atoms. The molecule has 0 aliphatic carbocycles. The van der Waals surface area contributed by atoms with Crippen molar-refractivity contribution in [1.29, 1.82) is 0 Å². The largest absolute Gasteiger partial charge is 0.480 e. The number of carbonyl (C=O) groups is 1. The van der Waals surface area contributed by atoms with Gasteiger partial charge in [-0.25, -0.2) is 0 Å². The van der Waals surface area contributed by atoms with Crippen molar-refractivity contribution in [3.63, 3.8) is 0 Å². The van der Waals surface area contributed by atoms with Crippen molar-refractivity contribution in [2.24, 2.45) is 5.72 Å². The van der Waals surface area contributed by atoms with E-state index in [9.17, 15) is 4.79 Å². The topological polar surface area (TPSA) is 63.3 Å². The lowest BCUT2D eigenvalue weighted by atomic mass is 10.4. The normalized spacial score (nSPS) is 26.7. The summed E-state index contributed by atoms with van der Waals surface area (Å²) >= 11 is 0. The predicted octanol–water partition coefficient (Wildman–Crippen LogP) is -0.582. The number of hydrogen-bond donors (Lipinski definition) is 2. The second-order valence-corrected chi connectivity index (χ2v) is 0.891. The molecule has 0 rings (SSSR count). The quantitative estimate of drug-likeness (QED) is 0.479. The molecule has 3 N–H and O–H groups in total. The van der Waals surface area contributed by atoms with Crippen LogP contribution < -0.4 is 5.72 Å². The van der Waals surface area contributed by atoms with Crippen molar-refractivity contribution < 1.29 is 14.1 Å². The number of hydrogen-bond acceptors (Lipinski definition) is 2. The van der Waals surface area contributed by atoms with Crippen LogP contribution in [0, 0.1) is 0 Å². The highest BCUT2D eigenvalue weighted by atomic mass is 16.4. The summed E-state index contributed by atoms with van der Waals surface area (Å²) in [7, 11) is 0. The number of rotatable bonds is 2. The highest BCUT2D eigenvalue weighted by molar-refractivity contribution is 5.72. The molecule has 0 aromatic rings. The average Bonchev–Trinajstić information content (AvgIpc) is 1.65. The second kappa shape index (κ2) is 1.77. The first-order valence-electron chi connectivity index (χ1n) is 2.80. The lowest BCUT2D eigenvalue weighted by Gasteiger charge is -1.90. The van der Waals surface area contributed by atoms with Crippen LogP contribution >= 0.6 is 0 Å². The van der Waals surface area contributed by atoms with Gasteiger partial charge >= 0.3 is 5.97 Å². The van der Waals surface area contributed by atoms with Crippen molar-refractivity contribution in [3.05, 3.63) is 0 Å². The molecule has 0 fully saturated rings. The maximum Gasteiger partial charge on any atom is 0.320 e. The van der Waals surface area contributed by atoms with Crippen LogP contribution in [0.25, 0.3) is 0 Å². The molecule has 0 heterocycles. The van der Waals surface area contributed by atoms with Gasteiger partial charge in [-0.1, -0.05) is 0 Å². The van der Waals surface area contributed by atoms with E-state index < -0.39 is 12.0 Å².